The van der Waals surface area contributed by atoms with Crippen molar-refractivity contribution >= 4 is 5.69 Å². The Morgan fingerprint density at radius 3 is 2.84 bits per heavy atom. The van der Waals surface area contributed by atoms with Crippen molar-refractivity contribution in [3.8, 4) is 0 Å². The summed E-state index contributed by atoms with van der Waals surface area (Å²) in [6, 6.07) is 10.4. The lowest BCUT2D eigenvalue weighted by atomic mass is 9.94. The number of anilines is 1. The van der Waals surface area contributed by atoms with E-state index in [2.05, 4.69) is 46.8 Å². The molecule has 1 aliphatic rings. The summed E-state index contributed by atoms with van der Waals surface area (Å²) in [6.07, 6.45) is 1.95. The first-order valence-corrected chi connectivity index (χ1v) is 7.10. The molecule has 1 atom stereocenters. The Hall–Kier alpha value is -1.10. The first-order valence-electron chi connectivity index (χ1n) is 7.10. The monoisotopic (exact) mass is 263 g/mol. The molecule has 0 aromatic heterocycles. The van der Waals surface area contributed by atoms with Gasteiger partial charge in [-0.2, -0.15) is 0 Å². The smallest absolute Gasteiger partial charge is 0.0895 e. The number of rotatable bonds is 6. The summed E-state index contributed by atoms with van der Waals surface area (Å²) in [4.78, 5) is 2.22. The van der Waals surface area contributed by atoms with Crippen LogP contribution in [0.3, 0.4) is 0 Å². The second-order valence-corrected chi connectivity index (χ2v) is 5.44. The Morgan fingerprint density at radius 1 is 1.37 bits per heavy atom. The van der Waals surface area contributed by atoms with Gasteiger partial charge < -0.3 is 20.6 Å². The first-order chi connectivity index (χ1) is 9.20. The number of para-hydroxylation sites is 1. The SMILES string of the molecule is CN(CCNC[C@@]1(O)CCCNC1)c1ccccc1. The molecule has 0 spiro atoms. The topological polar surface area (TPSA) is 47.5 Å². The Bertz CT molecular complexity index is 363. The number of hydrogen-bond acceptors (Lipinski definition) is 4. The van der Waals surface area contributed by atoms with E-state index in [4.69, 9.17) is 0 Å². The minimum absolute atomic E-state index is 0.566. The molecular formula is C15H25N3O. The minimum Gasteiger partial charge on any atom is -0.387 e. The van der Waals surface area contributed by atoms with Crippen molar-refractivity contribution < 1.29 is 5.11 Å². The molecule has 3 N–H and O–H groups in total. The number of hydrogen-bond donors (Lipinski definition) is 3. The van der Waals surface area contributed by atoms with Crippen LogP contribution in [0.15, 0.2) is 30.3 Å². The van der Waals surface area contributed by atoms with Gasteiger partial charge in [-0.25, -0.2) is 0 Å². The lowest BCUT2D eigenvalue weighted by Gasteiger charge is -2.33. The fraction of sp³-hybridized carbons (Fsp3) is 0.600. The van der Waals surface area contributed by atoms with Crippen molar-refractivity contribution in [1.29, 1.82) is 0 Å². The van der Waals surface area contributed by atoms with Crippen LogP contribution < -0.4 is 15.5 Å². The summed E-state index contributed by atoms with van der Waals surface area (Å²) in [5.74, 6) is 0. The van der Waals surface area contributed by atoms with E-state index in [0.717, 1.165) is 32.5 Å². The maximum absolute atomic E-state index is 10.3. The lowest BCUT2D eigenvalue weighted by Crippen LogP contribution is -2.52. The number of benzene rings is 1. The highest BCUT2D eigenvalue weighted by Crippen LogP contribution is 2.14. The number of nitrogens with zero attached hydrogens (tertiary/aromatic N) is 1. The van der Waals surface area contributed by atoms with Crippen LogP contribution in [-0.2, 0) is 0 Å². The highest BCUT2D eigenvalue weighted by atomic mass is 16.3. The molecule has 1 saturated heterocycles. The zero-order valence-electron chi connectivity index (χ0n) is 11.7. The van der Waals surface area contributed by atoms with Crippen molar-refractivity contribution in [2.45, 2.75) is 18.4 Å². The fourth-order valence-corrected chi connectivity index (χ4v) is 2.48. The molecule has 2 rings (SSSR count). The van der Waals surface area contributed by atoms with Crippen molar-refractivity contribution in [2.24, 2.45) is 0 Å². The Labute approximate surface area is 115 Å². The maximum Gasteiger partial charge on any atom is 0.0895 e. The third kappa shape index (κ3) is 4.49. The highest BCUT2D eigenvalue weighted by molar-refractivity contribution is 5.44. The quantitative estimate of drug-likeness (QED) is 0.665. The molecule has 1 fully saturated rings. The summed E-state index contributed by atoms with van der Waals surface area (Å²) < 4.78 is 0. The molecule has 0 aliphatic carbocycles. The highest BCUT2D eigenvalue weighted by Gasteiger charge is 2.28. The van der Waals surface area contributed by atoms with Gasteiger partial charge in [0, 0.05) is 38.9 Å². The third-order valence-corrected chi connectivity index (χ3v) is 3.72. The van der Waals surface area contributed by atoms with Crippen LogP contribution in [0.5, 0.6) is 0 Å². The van der Waals surface area contributed by atoms with E-state index in [0.29, 0.717) is 13.1 Å². The molecule has 0 saturated carbocycles. The van der Waals surface area contributed by atoms with Crippen molar-refractivity contribution in [3.05, 3.63) is 30.3 Å². The van der Waals surface area contributed by atoms with E-state index in [1.165, 1.54) is 5.69 Å². The van der Waals surface area contributed by atoms with Gasteiger partial charge in [0.05, 0.1) is 5.60 Å². The van der Waals surface area contributed by atoms with E-state index in [9.17, 15) is 5.11 Å². The summed E-state index contributed by atoms with van der Waals surface area (Å²) >= 11 is 0. The van der Waals surface area contributed by atoms with Crippen molar-refractivity contribution in [3.63, 3.8) is 0 Å². The van der Waals surface area contributed by atoms with Crippen LogP contribution >= 0.6 is 0 Å². The Kier molecular flexibility index (Phi) is 5.19. The van der Waals surface area contributed by atoms with Crippen LogP contribution in [0, 0.1) is 0 Å². The van der Waals surface area contributed by atoms with Crippen LogP contribution in [0.4, 0.5) is 5.69 Å². The van der Waals surface area contributed by atoms with E-state index < -0.39 is 5.60 Å². The molecular weight excluding hydrogens is 238 g/mol. The molecule has 0 bridgehead atoms. The zero-order chi connectivity index (χ0) is 13.6. The van der Waals surface area contributed by atoms with Gasteiger partial charge in [-0.3, -0.25) is 0 Å². The molecule has 0 radical (unpaired) electrons. The van der Waals surface area contributed by atoms with E-state index in [1.54, 1.807) is 0 Å². The largest absolute Gasteiger partial charge is 0.387 e. The van der Waals surface area contributed by atoms with E-state index in [-0.39, 0.29) is 0 Å². The van der Waals surface area contributed by atoms with Crippen molar-refractivity contribution in [2.75, 3.05) is 44.7 Å². The fourth-order valence-electron chi connectivity index (χ4n) is 2.48. The summed E-state index contributed by atoms with van der Waals surface area (Å²) in [5.41, 5.74) is 0.658. The normalized spacial score (nSPS) is 23.3. The minimum atomic E-state index is -0.566. The molecule has 0 amide bonds. The second kappa shape index (κ2) is 6.89. The predicted octanol–water partition coefficient (Wildman–Crippen LogP) is 0.827. The van der Waals surface area contributed by atoms with E-state index >= 15 is 0 Å². The van der Waals surface area contributed by atoms with Gasteiger partial charge in [0.25, 0.3) is 0 Å². The molecule has 1 heterocycles. The first kappa shape index (κ1) is 14.3. The van der Waals surface area contributed by atoms with Crippen LogP contribution in [0.2, 0.25) is 0 Å². The van der Waals surface area contributed by atoms with Crippen LogP contribution in [0.1, 0.15) is 12.8 Å². The van der Waals surface area contributed by atoms with Gasteiger partial charge in [-0.15, -0.1) is 0 Å². The van der Waals surface area contributed by atoms with Gasteiger partial charge in [0.2, 0.25) is 0 Å². The number of nitrogens with one attached hydrogen (secondary N) is 2. The summed E-state index contributed by atoms with van der Waals surface area (Å²) in [6.45, 7) is 4.22. The molecule has 1 aromatic rings. The number of likely N-dealkylation sites (N-methyl/N-ethyl adjacent to an activating group) is 1. The Balaban J connectivity index is 1.66. The average Bonchev–Trinajstić information content (AvgIpc) is 2.45. The number of aliphatic hydroxyl groups is 1. The van der Waals surface area contributed by atoms with Crippen LogP contribution in [-0.4, -0.2) is 50.5 Å². The molecule has 1 aliphatic heterocycles. The van der Waals surface area contributed by atoms with Gasteiger partial charge in [-0.1, -0.05) is 18.2 Å². The summed E-state index contributed by atoms with van der Waals surface area (Å²) in [7, 11) is 2.09. The third-order valence-electron chi connectivity index (χ3n) is 3.72. The lowest BCUT2D eigenvalue weighted by molar-refractivity contribution is 0.0175. The molecule has 106 valence electrons. The van der Waals surface area contributed by atoms with Gasteiger partial charge in [-0.05, 0) is 31.5 Å². The van der Waals surface area contributed by atoms with E-state index in [1.807, 2.05) is 6.07 Å². The number of piperidine rings is 1. The maximum atomic E-state index is 10.3. The molecule has 0 unspecified atom stereocenters. The molecule has 4 nitrogen and oxygen atoms in total. The van der Waals surface area contributed by atoms with Gasteiger partial charge in [0.1, 0.15) is 0 Å². The molecule has 1 aromatic carbocycles. The van der Waals surface area contributed by atoms with Gasteiger partial charge >= 0.3 is 0 Å². The van der Waals surface area contributed by atoms with Gasteiger partial charge in [0.15, 0.2) is 0 Å². The molecule has 19 heavy (non-hydrogen) atoms. The Morgan fingerprint density at radius 2 is 2.16 bits per heavy atom. The summed E-state index contributed by atoms with van der Waals surface area (Å²) in [5, 5.41) is 16.9. The standard InChI is InChI=1S/C15H25N3O/c1-18(14-6-3-2-4-7-14)11-10-17-13-15(19)8-5-9-16-12-15/h2-4,6-7,16-17,19H,5,8-13H2,1H3/t15-/m1/s1. The predicted molar refractivity (Wildman–Crippen MR) is 79.6 cm³/mol. The second-order valence-electron chi connectivity index (χ2n) is 5.44. The molecule has 4 heteroatoms. The average molecular weight is 263 g/mol. The van der Waals surface area contributed by atoms with Crippen molar-refractivity contribution in [1.82, 2.24) is 10.6 Å². The number of β-amino-alcohol motifs (C(OH)–C–C–N with tert-alkyl or cyclic N) is 1. The van der Waals surface area contributed by atoms with Crippen LogP contribution in [0.25, 0.3) is 0 Å². The zero-order valence-corrected chi connectivity index (χ0v) is 11.7.